The zero-order valence-electron chi connectivity index (χ0n) is 17.8. The van der Waals surface area contributed by atoms with Crippen LogP contribution in [0.2, 0.25) is 5.02 Å². The van der Waals surface area contributed by atoms with Gasteiger partial charge in [-0.3, -0.25) is 9.59 Å². The average molecular weight is 451 g/mol. The molecule has 2 amide bonds. The second-order valence-corrected chi connectivity index (χ2v) is 9.29. The Bertz CT molecular complexity index is 895. The van der Waals surface area contributed by atoms with Gasteiger partial charge in [0.05, 0.1) is 30.7 Å². The zero-order valence-corrected chi connectivity index (χ0v) is 19.4. The van der Waals surface area contributed by atoms with Gasteiger partial charge in [0.1, 0.15) is 11.5 Å². The lowest BCUT2D eigenvalue weighted by Crippen LogP contribution is -2.19. The smallest absolute Gasteiger partial charge is 0.234 e. The number of rotatable bonds is 8. The van der Waals surface area contributed by atoms with Crippen LogP contribution < -0.4 is 20.1 Å². The van der Waals surface area contributed by atoms with E-state index in [4.69, 9.17) is 21.1 Å². The molecular weight excluding hydrogens is 424 g/mol. The summed E-state index contributed by atoms with van der Waals surface area (Å²) in [6.07, 6.45) is 0.447. The molecule has 0 radical (unpaired) electrons. The number of thioether (sulfide) groups is 1. The number of methoxy groups -OCH3 is 2. The number of nitrogens with one attached hydrogen (secondary N) is 2. The van der Waals surface area contributed by atoms with Crippen molar-refractivity contribution >= 4 is 46.6 Å². The molecule has 0 heterocycles. The van der Waals surface area contributed by atoms with Crippen molar-refractivity contribution in [2.45, 2.75) is 32.1 Å². The van der Waals surface area contributed by atoms with Gasteiger partial charge in [-0.25, -0.2) is 0 Å². The molecule has 30 heavy (non-hydrogen) atoms. The van der Waals surface area contributed by atoms with E-state index in [1.807, 2.05) is 45.0 Å². The fourth-order valence-electron chi connectivity index (χ4n) is 2.61. The molecule has 0 atom stereocenters. The molecule has 0 aliphatic heterocycles. The molecule has 0 aliphatic rings. The Kier molecular flexibility index (Phi) is 8.43. The highest BCUT2D eigenvalue weighted by Crippen LogP contribution is 2.36. The van der Waals surface area contributed by atoms with E-state index in [0.29, 0.717) is 28.6 Å². The van der Waals surface area contributed by atoms with E-state index in [1.165, 1.54) is 26.0 Å². The number of ether oxygens (including phenoxy) is 2. The predicted molar refractivity (Wildman–Crippen MR) is 123 cm³/mol. The highest BCUT2D eigenvalue weighted by molar-refractivity contribution is 8.00. The normalized spacial score (nSPS) is 11.0. The van der Waals surface area contributed by atoms with Gasteiger partial charge in [-0.1, -0.05) is 32.4 Å². The lowest BCUT2D eigenvalue weighted by molar-refractivity contribution is -0.118. The molecule has 0 unspecified atom stereocenters. The molecule has 2 aromatic rings. The number of halogens is 1. The number of carbonyl (C=O) groups excluding carboxylic acids is 2. The van der Waals surface area contributed by atoms with Gasteiger partial charge in [-0.05, 0) is 35.7 Å². The number of hydrogen-bond acceptors (Lipinski definition) is 5. The Labute approximate surface area is 186 Å². The molecule has 2 aromatic carbocycles. The van der Waals surface area contributed by atoms with Gasteiger partial charge in [0.15, 0.2) is 0 Å². The van der Waals surface area contributed by atoms with Gasteiger partial charge in [-0.2, -0.15) is 0 Å². The third-order valence-electron chi connectivity index (χ3n) is 3.95. The van der Waals surface area contributed by atoms with Gasteiger partial charge >= 0.3 is 0 Å². The lowest BCUT2D eigenvalue weighted by Gasteiger charge is -2.17. The summed E-state index contributed by atoms with van der Waals surface area (Å²) in [6.45, 7) is 6.06. The number of hydrogen-bond donors (Lipinski definition) is 2. The fraction of sp³-hybridized carbons (Fsp3) is 0.364. The van der Waals surface area contributed by atoms with E-state index in [-0.39, 0.29) is 23.0 Å². The Morgan fingerprint density at radius 3 is 2.17 bits per heavy atom. The van der Waals surface area contributed by atoms with Gasteiger partial charge in [-0.15, -0.1) is 11.8 Å². The van der Waals surface area contributed by atoms with Crippen LogP contribution in [0.4, 0.5) is 11.4 Å². The minimum atomic E-state index is -0.193. The second-order valence-electron chi connectivity index (χ2n) is 7.83. The van der Waals surface area contributed by atoms with Crippen molar-refractivity contribution < 1.29 is 19.1 Å². The zero-order chi connectivity index (χ0) is 22.3. The Hall–Kier alpha value is -2.38. The Balaban J connectivity index is 1.91. The van der Waals surface area contributed by atoms with E-state index >= 15 is 0 Å². The van der Waals surface area contributed by atoms with Crippen molar-refractivity contribution in [1.82, 2.24) is 0 Å². The molecule has 0 saturated carbocycles. The maximum absolute atomic E-state index is 12.3. The lowest BCUT2D eigenvalue weighted by atomic mass is 9.92. The molecule has 2 rings (SSSR count). The van der Waals surface area contributed by atoms with E-state index in [1.54, 1.807) is 12.1 Å². The van der Waals surface area contributed by atoms with Crippen LogP contribution in [0.15, 0.2) is 41.3 Å². The largest absolute Gasteiger partial charge is 0.495 e. The van der Waals surface area contributed by atoms with Crippen LogP contribution in [0.3, 0.4) is 0 Å². The van der Waals surface area contributed by atoms with Gasteiger partial charge in [0.2, 0.25) is 11.8 Å². The molecule has 8 heteroatoms. The monoisotopic (exact) mass is 450 g/mol. The van der Waals surface area contributed by atoms with Crippen LogP contribution in [0.1, 0.15) is 27.2 Å². The summed E-state index contributed by atoms with van der Waals surface area (Å²) < 4.78 is 10.4. The van der Waals surface area contributed by atoms with Crippen molar-refractivity contribution in [2.24, 2.45) is 5.41 Å². The Morgan fingerprint density at radius 1 is 0.967 bits per heavy atom. The minimum Gasteiger partial charge on any atom is -0.495 e. The summed E-state index contributed by atoms with van der Waals surface area (Å²) in [5.74, 6) is 0.930. The molecule has 0 aliphatic carbocycles. The quantitative estimate of drug-likeness (QED) is 0.522. The van der Waals surface area contributed by atoms with Crippen molar-refractivity contribution in [3.63, 3.8) is 0 Å². The second kappa shape index (κ2) is 10.6. The number of benzene rings is 2. The highest BCUT2D eigenvalue weighted by atomic mass is 35.5. The average Bonchev–Trinajstić information content (AvgIpc) is 2.66. The molecule has 0 saturated heterocycles. The van der Waals surface area contributed by atoms with Crippen molar-refractivity contribution in [2.75, 3.05) is 30.6 Å². The molecule has 0 bridgehead atoms. The highest BCUT2D eigenvalue weighted by Gasteiger charge is 2.16. The van der Waals surface area contributed by atoms with Gasteiger partial charge in [0.25, 0.3) is 0 Å². The molecule has 0 spiro atoms. The van der Waals surface area contributed by atoms with Crippen molar-refractivity contribution in [3.05, 3.63) is 41.4 Å². The van der Waals surface area contributed by atoms with Crippen LogP contribution in [0.25, 0.3) is 0 Å². The molecule has 0 fully saturated rings. The molecular formula is C22H27ClN2O4S. The van der Waals surface area contributed by atoms with E-state index in [9.17, 15) is 9.59 Å². The summed E-state index contributed by atoms with van der Waals surface area (Å²) in [6, 6.07) is 10.6. The molecule has 6 nitrogen and oxygen atoms in total. The van der Waals surface area contributed by atoms with Crippen molar-refractivity contribution in [3.8, 4) is 11.5 Å². The van der Waals surface area contributed by atoms with Crippen LogP contribution in [0, 0.1) is 5.41 Å². The van der Waals surface area contributed by atoms with Crippen LogP contribution in [-0.4, -0.2) is 31.8 Å². The van der Waals surface area contributed by atoms with Gasteiger partial charge < -0.3 is 20.1 Å². The summed E-state index contributed by atoms with van der Waals surface area (Å²) in [7, 11) is 3.02. The summed E-state index contributed by atoms with van der Waals surface area (Å²) in [5, 5.41) is 6.07. The topological polar surface area (TPSA) is 76.7 Å². The first-order valence-electron chi connectivity index (χ1n) is 9.35. The third-order valence-corrected chi connectivity index (χ3v) is 5.25. The van der Waals surface area contributed by atoms with Crippen LogP contribution in [0.5, 0.6) is 11.5 Å². The SMILES string of the molecule is COc1cc(OC)c(NC(=O)CSc2ccc(NC(=O)CC(C)(C)C)cc2)cc1Cl. The predicted octanol–water partition coefficient (Wildman–Crippen LogP) is 5.46. The first-order valence-corrected chi connectivity index (χ1v) is 10.7. The first kappa shape index (κ1) is 23.9. The molecule has 0 aromatic heterocycles. The van der Waals surface area contributed by atoms with Gasteiger partial charge in [0, 0.05) is 23.1 Å². The molecule has 162 valence electrons. The maximum Gasteiger partial charge on any atom is 0.234 e. The minimum absolute atomic E-state index is 0.0191. The third kappa shape index (κ3) is 7.46. The van der Waals surface area contributed by atoms with Crippen LogP contribution in [-0.2, 0) is 9.59 Å². The Morgan fingerprint density at radius 2 is 1.60 bits per heavy atom. The van der Waals surface area contributed by atoms with E-state index in [0.717, 1.165) is 10.6 Å². The molecule has 2 N–H and O–H groups in total. The maximum atomic E-state index is 12.3. The number of carbonyl (C=O) groups is 2. The van der Waals surface area contributed by atoms with E-state index < -0.39 is 0 Å². The van der Waals surface area contributed by atoms with E-state index in [2.05, 4.69) is 10.6 Å². The van der Waals surface area contributed by atoms with Crippen molar-refractivity contribution in [1.29, 1.82) is 0 Å². The summed E-state index contributed by atoms with van der Waals surface area (Å²) >= 11 is 7.52. The summed E-state index contributed by atoms with van der Waals surface area (Å²) in [5.41, 5.74) is 1.14. The standard InChI is InChI=1S/C22H27ClN2O4S/c1-22(2,3)12-20(26)24-14-6-8-15(9-7-14)30-13-21(27)25-17-10-16(23)18(28-4)11-19(17)29-5/h6-11H,12-13H2,1-5H3,(H,24,26)(H,25,27). The van der Waals surface area contributed by atoms with Crippen LogP contribution >= 0.6 is 23.4 Å². The fourth-order valence-corrected chi connectivity index (χ4v) is 3.55. The number of anilines is 2. The first-order chi connectivity index (χ1) is 14.1. The summed E-state index contributed by atoms with van der Waals surface area (Å²) in [4.78, 5) is 25.3. The number of amides is 2.